The number of amides is 1. The Morgan fingerprint density at radius 2 is 1.68 bits per heavy atom. The number of rotatable bonds is 3. The Morgan fingerprint density at radius 3 is 2.24 bits per heavy atom. The van der Waals surface area contributed by atoms with Gasteiger partial charge in [-0.3, -0.25) is 4.79 Å². The molecule has 1 aromatic rings. The lowest BCUT2D eigenvalue weighted by Crippen LogP contribution is -2.41. The van der Waals surface area contributed by atoms with Gasteiger partial charge in [-0.2, -0.15) is 4.31 Å². The molecule has 1 amide bonds. The van der Waals surface area contributed by atoms with E-state index in [4.69, 9.17) is 23.2 Å². The molecule has 2 aliphatic rings. The van der Waals surface area contributed by atoms with Crippen LogP contribution in [0, 0.1) is 12.3 Å². The van der Waals surface area contributed by atoms with Gasteiger partial charge in [0.15, 0.2) is 0 Å². The molecule has 1 aliphatic heterocycles. The third kappa shape index (κ3) is 3.42. The summed E-state index contributed by atoms with van der Waals surface area (Å²) in [6, 6.07) is 6.82. The molecule has 0 N–H and O–H groups in total. The van der Waals surface area contributed by atoms with Crippen molar-refractivity contribution in [1.29, 1.82) is 0 Å². The molecule has 0 bridgehead atoms. The standard InChI is InChI=1S/C17H22Cl2N2O3S/c1-13-4-6-14(7-5-13)25(23,24)21-9-3-8-20(10-11-21)15(22)16(2)12-17(16,18)19/h4-7H,3,8-12H2,1-2H3. The van der Waals surface area contributed by atoms with Gasteiger partial charge in [-0.15, -0.1) is 23.2 Å². The first-order valence-corrected chi connectivity index (χ1v) is 10.5. The van der Waals surface area contributed by atoms with Crippen LogP contribution < -0.4 is 0 Å². The maximum atomic E-state index is 12.8. The third-order valence-electron chi connectivity index (χ3n) is 5.13. The van der Waals surface area contributed by atoms with E-state index in [1.165, 1.54) is 4.31 Å². The zero-order chi connectivity index (χ0) is 18.5. The first kappa shape index (κ1) is 19.0. The van der Waals surface area contributed by atoms with Crippen LogP contribution in [-0.2, 0) is 14.8 Å². The van der Waals surface area contributed by atoms with Crippen LogP contribution in [0.2, 0.25) is 0 Å². The van der Waals surface area contributed by atoms with Crippen molar-refractivity contribution in [2.24, 2.45) is 5.41 Å². The molecule has 8 heteroatoms. The van der Waals surface area contributed by atoms with Crippen LogP contribution in [0.4, 0.5) is 0 Å². The van der Waals surface area contributed by atoms with Crippen molar-refractivity contribution in [3.8, 4) is 0 Å². The van der Waals surface area contributed by atoms with Gasteiger partial charge < -0.3 is 4.90 Å². The van der Waals surface area contributed by atoms with Crippen molar-refractivity contribution >= 4 is 39.1 Å². The second-order valence-electron chi connectivity index (χ2n) is 7.08. The molecule has 1 saturated carbocycles. The fourth-order valence-electron chi connectivity index (χ4n) is 3.18. The van der Waals surface area contributed by atoms with Gasteiger partial charge in [0.1, 0.15) is 4.33 Å². The van der Waals surface area contributed by atoms with Crippen molar-refractivity contribution in [2.75, 3.05) is 26.2 Å². The highest BCUT2D eigenvalue weighted by Gasteiger charge is 2.68. The highest BCUT2D eigenvalue weighted by Crippen LogP contribution is 2.64. The van der Waals surface area contributed by atoms with Crippen molar-refractivity contribution < 1.29 is 13.2 Å². The monoisotopic (exact) mass is 404 g/mol. The van der Waals surface area contributed by atoms with E-state index in [-0.39, 0.29) is 17.3 Å². The number of alkyl halides is 2. The fourth-order valence-corrected chi connectivity index (χ4v) is 5.34. The van der Waals surface area contributed by atoms with E-state index in [0.29, 0.717) is 32.5 Å². The lowest BCUT2D eigenvalue weighted by atomic mass is 10.1. The van der Waals surface area contributed by atoms with Gasteiger partial charge in [-0.25, -0.2) is 8.42 Å². The van der Waals surface area contributed by atoms with Crippen LogP contribution in [0.15, 0.2) is 29.2 Å². The van der Waals surface area contributed by atoms with Gasteiger partial charge in [0, 0.05) is 26.2 Å². The SMILES string of the molecule is Cc1ccc(S(=O)(=O)N2CCCN(C(=O)C3(C)CC3(Cl)Cl)CC2)cc1. The van der Waals surface area contributed by atoms with E-state index >= 15 is 0 Å². The van der Waals surface area contributed by atoms with Gasteiger partial charge in [0.05, 0.1) is 10.3 Å². The van der Waals surface area contributed by atoms with Crippen molar-refractivity contribution in [3.05, 3.63) is 29.8 Å². The maximum absolute atomic E-state index is 12.8. The summed E-state index contributed by atoms with van der Waals surface area (Å²) in [5, 5.41) is 0. The lowest BCUT2D eigenvalue weighted by Gasteiger charge is -2.25. The average molecular weight is 405 g/mol. The predicted molar refractivity (Wildman–Crippen MR) is 98.3 cm³/mol. The van der Waals surface area contributed by atoms with E-state index < -0.39 is 19.8 Å². The molecule has 3 rings (SSSR count). The molecule has 1 aliphatic carbocycles. The minimum Gasteiger partial charge on any atom is -0.341 e. The molecule has 1 unspecified atom stereocenters. The number of aryl methyl sites for hydroxylation is 1. The second-order valence-corrected chi connectivity index (χ2v) is 10.5. The number of carbonyl (C=O) groups is 1. The summed E-state index contributed by atoms with van der Waals surface area (Å²) in [6.45, 7) is 5.21. The van der Waals surface area contributed by atoms with Gasteiger partial charge in [0.2, 0.25) is 15.9 Å². The molecule has 5 nitrogen and oxygen atoms in total. The fraction of sp³-hybridized carbons (Fsp3) is 0.588. The summed E-state index contributed by atoms with van der Waals surface area (Å²) in [5.41, 5.74) is 0.246. The van der Waals surface area contributed by atoms with Crippen LogP contribution in [0.25, 0.3) is 0 Å². The highest BCUT2D eigenvalue weighted by atomic mass is 35.5. The molecule has 1 atom stereocenters. The van der Waals surface area contributed by atoms with Crippen molar-refractivity contribution in [1.82, 2.24) is 9.21 Å². The van der Waals surface area contributed by atoms with E-state index in [9.17, 15) is 13.2 Å². The lowest BCUT2D eigenvalue weighted by molar-refractivity contribution is -0.136. The Kier molecular flexibility index (Phi) is 4.86. The van der Waals surface area contributed by atoms with Crippen LogP contribution in [0.5, 0.6) is 0 Å². The molecule has 2 fully saturated rings. The van der Waals surface area contributed by atoms with Crippen LogP contribution >= 0.6 is 23.2 Å². The van der Waals surface area contributed by atoms with E-state index in [0.717, 1.165) is 5.56 Å². The smallest absolute Gasteiger partial charge is 0.243 e. The van der Waals surface area contributed by atoms with Crippen LogP contribution in [0.1, 0.15) is 25.3 Å². The number of sulfonamides is 1. The normalized spacial score (nSPS) is 27.0. The summed E-state index contributed by atoms with van der Waals surface area (Å²) >= 11 is 12.2. The molecule has 0 radical (unpaired) electrons. The van der Waals surface area contributed by atoms with Gasteiger partial charge in [-0.1, -0.05) is 17.7 Å². The Hall–Kier alpha value is -0.820. The molecule has 25 heavy (non-hydrogen) atoms. The Balaban J connectivity index is 1.71. The minimum atomic E-state index is -3.55. The minimum absolute atomic E-state index is 0.0907. The summed E-state index contributed by atoms with van der Waals surface area (Å²) in [7, 11) is -3.55. The zero-order valence-corrected chi connectivity index (χ0v) is 16.7. The summed E-state index contributed by atoms with van der Waals surface area (Å²) < 4.78 is 26.1. The van der Waals surface area contributed by atoms with Crippen LogP contribution in [0.3, 0.4) is 0 Å². The molecule has 1 saturated heterocycles. The molecule has 1 aromatic carbocycles. The van der Waals surface area contributed by atoms with Crippen LogP contribution in [-0.4, -0.2) is 54.0 Å². The topological polar surface area (TPSA) is 57.7 Å². The number of halogens is 2. The Labute approximate surface area is 158 Å². The number of hydrogen-bond donors (Lipinski definition) is 0. The Bertz CT molecular complexity index is 780. The summed E-state index contributed by atoms with van der Waals surface area (Å²) in [6.07, 6.45) is 1.02. The number of carbonyl (C=O) groups excluding carboxylic acids is 1. The molecule has 0 spiro atoms. The molecular weight excluding hydrogens is 383 g/mol. The van der Waals surface area contributed by atoms with Gasteiger partial charge >= 0.3 is 0 Å². The van der Waals surface area contributed by atoms with E-state index in [2.05, 4.69) is 0 Å². The Morgan fingerprint density at radius 1 is 1.08 bits per heavy atom. The first-order chi connectivity index (χ1) is 11.6. The summed E-state index contributed by atoms with van der Waals surface area (Å²) in [4.78, 5) is 14.7. The quantitative estimate of drug-likeness (QED) is 0.727. The summed E-state index contributed by atoms with van der Waals surface area (Å²) in [5.74, 6) is -0.0907. The predicted octanol–water partition coefficient (Wildman–Crippen LogP) is 2.80. The molecule has 1 heterocycles. The maximum Gasteiger partial charge on any atom is 0.243 e. The van der Waals surface area contributed by atoms with Gasteiger partial charge in [0.25, 0.3) is 0 Å². The second kappa shape index (κ2) is 6.41. The first-order valence-electron chi connectivity index (χ1n) is 8.32. The van der Waals surface area contributed by atoms with E-state index in [1.54, 1.807) is 36.1 Å². The molecular formula is C17H22Cl2N2O3S. The van der Waals surface area contributed by atoms with Crippen molar-refractivity contribution in [3.63, 3.8) is 0 Å². The highest BCUT2D eigenvalue weighted by molar-refractivity contribution is 7.89. The number of nitrogens with zero attached hydrogens (tertiary/aromatic N) is 2. The largest absolute Gasteiger partial charge is 0.341 e. The van der Waals surface area contributed by atoms with E-state index in [1.807, 2.05) is 6.92 Å². The van der Waals surface area contributed by atoms with Gasteiger partial charge in [-0.05, 0) is 38.8 Å². The number of hydrogen-bond acceptors (Lipinski definition) is 3. The third-order valence-corrected chi connectivity index (χ3v) is 8.15. The zero-order valence-electron chi connectivity index (χ0n) is 14.3. The molecule has 0 aromatic heterocycles. The average Bonchev–Trinajstić information content (AvgIpc) is 3.17. The van der Waals surface area contributed by atoms with Crippen molar-refractivity contribution in [2.45, 2.75) is 35.9 Å². The molecule has 138 valence electrons. The number of benzene rings is 1.